The van der Waals surface area contributed by atoms with Crippen LogP contribution >= 0.6 is 0 Å². The zero-order chi connectivity index (χ0) is 13.8. The molecule has 0 saturated carbocycles. The molecule has 0 spiro atoms. The molecular weight excluding hydrogens is 234 g/mol. The molecule has 1 N–H and O–H groups in total. The Morgan fingerprint density at radius 3 is 2.53 bits per heavy atom. The molecule has 0 amide bonds. The molecule has 0 bridgehead atoms. The Kier molecular flexibility index (Phi) is 4.43. The number of rotatable bonds is 5. The number of hydrogen-bond acceptors (Lipinski definition) is 2. The van der Waals surface area contributed by atoms with Crippen LogP contribution in [0.5, 0.6) is 0 Å². The van der Waals surface area contributed by atoms with Crippen molar-refractivity contribution in [1.82, 2.24) is 5.32 Å². The van der Waals surface area contributed by atoms with E-state index in [-0.39, 0.29) is 6.04 Å². The third-order valence-corrected chi connectivity index (χ3v) is 3.72. The van der Waals surface area contributed by atoms with E-state index in [0.717, 1.165) is 18.7 Å². The van der Waals surface area contributed by atoms with Crippen LogP contribution in [0.1, 0.15) is 47.4 Å². The van der Waals surface area contributed by atoms with Gasteiger partial charge >= 0.3 is 0 Å². The Hall–Kier alpha value is -1.54. The smallest absolute Gasteiger partial charge is 0.128 e. The Morgan fingerprint density at radius 1 is 1.11 bits per heavy atom. The van der Waals surface area contributed by atoms with Gasteiger partial charge in [-0.05, 0) is 62.1 Å². The van der Waals surface area contributed by atoms with Crippen LogP contribution in [0.15, 0.2) is 34.9 Å². The largest absolute Gasteiger partial charge is 0.467 e. The van der Waals surface area contributed by atoms with E-state index < -0.39 is 0 Å². The lowest BCUT2D eigenvalue weighted by Gasteiger charge is -2.21. The van der Waals surface area contributed by atoms with Crippen molar-refractivity contribution in [1.29, 1.82) is 0 Å². The summed E-state index contributed by atoms with van der Waals surface area (Å²) < 4.78 is 5.71. The van der Waals surface area contributed by atoms with Crippen molar-refractivity contribution in [2.24, 2.45) is 0 Å². The molecule has 1 atom stereocenters. The second-order valence-electron chi connectivity index (χ2n) is 5.14. The summed E-state index contributed by atoms with van der Waals surface area (Å²) in [5.74, 6) is 1.03. The van der Waals surface area contributed by atoms with Crippen LogP contribution < -0.4 is 5.32 Å². The first-order valence-corrected chi connectivity index (χ1v) is 6.98. The number of aryl methyl sites for hydroxylation is 2. The molecule has 0 fully saturated rings. The molecule has 0 aliphatic heterocycles. The van der Waals surface area contributed by atoms with Gasteiger partial charge in [0.1, 0.15) is 5.76 Å². The molecule has 1 heterocycles. The average molecular weight is 257 g/mol. The highest BCUT2D eigenvalue weighted by Gasteiger charge is 2.20. The van der Waals surface area contributed by atoms with E-state index >= 15 is 0 Å². The highest BCUT2D eigenvalue weighted by atomic mass is 16.3. The van der Waals surface area contributed by atoms with Crippen LogP contribution in [-0.4, -0.2) is 6.54 Å². The van der Waals surface area contributed by atoms with Gasteiger partial charge in [0.05, 0.1) is 12.3 Å². The predicted molar refractivity (Wildman–Crippen MR) is 79.5 cm³/mol. The third kappa shape index (κ3) is 2.90. The maximum absolute atomic E-state index is 5.71. The Morgan fingerprint density at radius 2 is 1.89 bits per heavy atom. The fourth-order valence-corrected chi connectivity index (χ4v) is 2.40. The van der Waals surface area contributed by atoms with Gasteiger partial charge in [-0.1, -0.05) is 25.1 Å². The van der Waals surface area contributed by atoms with Crippen molar-refractivity contribution in [3.05, 3.63) is 58.5 Å². The Balaban J connectivity index is 2.43. The summed E-state index contributed by atoms with van der Waals surface area (Å²) in [6.45, 7) is 9.61. The van der Waals surface area contributed by atoms with Crippen molar-refractivity contribution < 1.29 is 4.42 Å². The maximum atomic E-state index is 5.71. The normalized spacial score (nSPS) is 12.6. The zero-order valence-electron chi connectivity index (χ0n) is 12.3. The van der Waals surface area contributed by atoms with Crippen molar-refractivity contribution in [2.75, 3.05) is 6.54 Å². The SMILES string of the molecule is CCCNC(c1cccc(C)c1C)c1occc1C. The minimum Gasteiger partial charge on any atom is -0.467 e. The van der Waals surface area contributed by atoms with Gasteiger partial charge in [0.25, 0.3) is 0 Å². The maximum Gasteiger partial charge on any atom is 0.128 e. The average Bonchev–Trinajstić information content (AvgIpc) is 2.81. The molecule has 2 nitrogen and oxygen atoms in total. The zero-order valence-corrected chi connectivity index (χ0v) is 12.3. The van der Waals surface area contributed by atoms with Crippen LogP contribution in [0.4, 0.5) is 0 Å². The number of nitrogens with one attached hydrogen (secondary N) is 1. The first kappa shape index (κ1) is 13.9. The molecule has 102 valence electrons. The van der Waals surface area contributed by atoms with Crippen molar-refractivity contribution in [3.8, 4) is 0 Å². The second-order valence-corrected chi connectivity index (χ2v) is 5.14. The summed E-state index contributed by atoms with van der Waals surface area (Å²) in [6, 6.07) is 8.65. The van der Waals surface area contributed by atoms with E-state index in [2.05, 4.69) is 51.2 Å². The summed E-state index contributed by atoms with van der Waals surface area (Å²) in [7, 11) is 0. The highest BCUT2D eigenvalue weighted by Crippen LogP contribution is 2.29. The minimum atomic E-state index is 0.148. The van der Waals surface area contributed by atoms with Gasteiger partial charge in [0.2, 0.25) is 0 Å². The first-order valence-electron chi connectivity index (χ1n) is 6.98. The van der Waals surface area contributed by atoms with Crippen LogP contribution in [-0.2, 0) is 0 Å². The predicted octanol–water partition coefficient (Wildman–Crippen LogP) is 4.29. The third-order valence-electron chi connectivity index (χ3n) is 3.72. The fraction of sp³-hybridized carbons (Fsp3) is 0.412. The minimum absolute atomic E-state index is 0.148. The van der Waals surface area contributed by atoms with Gasteiger partial charge in [-0.25, -0.2) is 0 Å². The van der Waals surface area contributed by atoms with Gasteiger partial charge < -0.3 is 9.73 Å². The van der Waals surface area contributed by atoms with Gasteiger partial charge in [-0.2, -0.15) is 0 Å². The van der Waals surface area contributed by atoms with E-state index in [0.29, 0.717) is 0 Å². The molecule has 2 aromatic rings. The Labute approximate surface area is 115 Å². The van der Waals surface area contributed by atoms with Crippen molar-refractivity contribution in [3.63, 3.8) is 0 Å². The van der Waals surface area contributed by atoms with E-state index in [1.807, 2.05) is 6.07 Å². The first-order chi connectivity index (χ1) is 9.15. The molecule has 2 heteroatoms. The molecule has 2 rings (SSSR count). The van der Waals surface area contributed by atoms with Crippen molar-refractivity contribution >= 4 is 0 Å². The number of furan rings is 1. The molecule has 0 saturated heterocycles. The van der Waals surface area contributed by atoms with Crippen molar-refractivity contribution in [2.45, 2.75) is 40.2 Å². The van der Waals surface area contributed by atoms with Gasteiger partial charge in [-0.3, -0.25) is 0 Å². The van der Waals surface area contributed by atoms with Crippen LogP contribution in [0.3, 0.4) is 0 Å². The van der Waals surface area contributed by atoms with E-state index in [4.69, 9.17) is 4.42 Å². The van der Waals surface area contributed by atoms with Gasteiger partial charge in [0.15, 0.2) is 0 Å². The standard InChI is InChI=1S/C17H23NO/c1-5-10-18-16(17-13(3)9-11-19-17)15-8-6-7-12(2)14(15)4/h6-9,11,16,18H,5,10H2,1-4H3. The van der Waals surface area contributed by atoms with Crippen LogP contribution in [0.25, 0.3) is 0 Å². The topological polar surface area (TPSA) is 25.2 Å². The second kappa shape index (κ2) is 6.07. The molecule has 1 aromatic carbocycles. The van der Waals surface area contributed by atoms with E-state index in [1.165, 1.54) is 22.3 Å². The summed E-state index contributed by atoms with van der Waals surface area (Å²) in [4.78, 5) is 0. The van der Waals surface area contributed by atoms with Gasteiger partial charge in [0, 0.05) is 0 Å². The monoisotopic (exact) mass is 257 g/mol. The molecule has 0 aliphatic carbocycles. The number of benzene rings is 1. The summed E-state index contributed by atoms with van der Waals surface area (Å²) in [6.07, 6.45) is 2.89. The quantitative estimate of drug-likeness (QED) is 0.864. The fourth-order valence-electron chi connectivity index (χ4n) is 2.40. The molecule has 1 unspecified atom stereocenters. The van der Waals surface area contributed by atoms with Crippen LogP contribution in [0.2, 0.25) is 0 Å². The molecular formula is C17H23NO. The molecule has 1 aromatic heterocycles. The summed E-state index contributed by atoms with van der Waals surface area (Å²) in [5, 5.41) is 3.60. The van der Waals surface area contributed by atoms with E-state index in [9.17, 15) is 0 Å². The van der Waals surface area contributed by atoms with Gasteiger partial charge in [-0.15, -0.1) is 0 Å². The lowest BCUT2D eigenvalue weighted by atomic mass is 9.94. The molecule has 0 aliphatic rings. The summed E-state index contributed by atoms with van der Waals surface area (Å²) in [5.41, 5.74) is 5.18. The molecule has 0 radical (unpaired) electrons. The molecule has 19 heavy (non-hydrogen) atoms. The van der Waals surface area contributed by atoms with Crippen LogP contribution in [0, 0.1) is 20.8 Å². The Bertz CT molecular complexity index is 542. The number of hydrogen-bond donors (Lipinski definition) is 1. The highest BCUT2D eigenvalue weighted by molar-refractivity contribution is 5.40. The van der Waals surface area contributed by atoms with E-state index in [1.54, 1.807) is 6.26 Å². The lowest BCUT2D eigenvalue weighted by molar-refractivity contribution is 0.443. The lowest BCUT2D eigenvalue weighted by Crippen LogP contribution is -2.24. The summed E-state index contributed by atoms with van der Waals surface area (Å²) >= 11 is 0.